The Morgan fingerprint density at radius 3 is 2.23 bits per heavy atom. The molecule has 0 spiro atoms. The number of rotatable bonds is 3. The Kier molecular flexibility index (Phi) is 5.08. The molecule has 5 heteroatoms. The summed E-state index contributed by atoms with van der Waals surface area (Å²) < 4.78 is 0.259. The average molecular weight is 361 g/mol. The number of hydrogen-bond acceptors (Lipinski definition) is 4. The molecule has 0 atom stereocenters. The van der Waals surface area contributed by atoms with Crippen LogP contribution in [-0.2, 0) is 0 Å². The molecule has 0 aliphatic rings. The minimum Gasteiger partial charge on any atom is -0.504 e. The van der Waals surface area contributed by atoms with Crippen molar-refractivity contribution >= 4 is 27.3 Å². The lowest BCUT2D eigenvalue weighted by molar-refractivity contribution is 0.460. The fourth-order valence-electron chi connectivity index (χ4n) is 1.93. The Morgan fingerprint density at radius 2 is 1.64 bits per heavy atom. The molecular formula is C17H17BrN2O2. The summed E-state index contributed by atoms with van der Waals surface area (Å²) in [5.74, 6) is -0.251. The average Bonchev–Trinajstić information content (AvgIpc) is 2.59. The summed E-state index contributed by atoms with van der Waals surface area (Å²) in [6, 6.07) is 10.9. The monoisotopic (exact) mass is 360 g/mol. The summed E-state index contributed by atoms with van der Waals surface area (Å²) in [6.07, 6.45) is 0. The fraction of sp³-hybridized carbons (Fsp3) is 0.235. The smallest absolute Gasteiger partial charge is 0.234 e. The predicted octanol–water partition coefficient (Wildman–Crippen LogP) is 5.36. The van der Waals surface area contributed by atoms with Crippen molar-refractivity contribution in [1.82, 2.24) is 0 Å². The zero-order valence-corrected chi connectivity index (χ0v) is 14.3. The third kappa shape index (κ3) is 3.80. The predicted molar refractivity (Wildman–Crippen MR) is 91.5 cm³/mol. The van der Waals surface area contributed by atoms with Crippen LogP contribution in [0.1, 0.15) is 30.9 Å². The number of hydrogen-bond donors (Lipinski definition) is 1. The van der Waals surface area contributed by atoms with Crippen LogP contribution in [0.15, 0.2) is 55.9 Å². The van der Waals surface area contributed by atoms with Gasteiger partial charge in [-0.3, -0.25) is 4.79 Å². The van der Waals surface area contributed by atoms with Crippen molar-refractivity contribution in [2.45, 2.75) is 26.7 Å². The Hall–Kier alpha value is -2.01. The van der Waals surface area contributed by atoms with E-state index in [0.29, 0.717) is 11.3 Å². The van der Waals surface area contributed by atoms with Crippen LogP contribution in [0.5, 0.6) is 5.75 Å². The summed E-state index contributed by atoms with van der Waals surface area (Å²) >= 11 is 3.17. The molecule has 2 aromatic rings. The van der Waals surface area contributed by atoms with E-state index in [9.17, 15) is 9.90 Å². The molecule has 2 aromatic carbocycles. The lowest BCUT2D eigenvalue weighted by Gasteiger charge is -2.03. The highest BCUT2D eigenvalue weighted by molar-refractivity contribution is 9.10. The van der Waals surface area contributed by atoms with E-state index in [-0.39, 0.29) is 16.1 Å². The molecule has 0 fully saturated rings. The van der Waals surface area contributed by atoms with Crippen LogP contribution in [-0.4, -0.2) is 5.11 Å². The Balaban J connectivity index is 2.49. The first-order valence-corrected chi connectivity index (χ1v) is 7.73. The first-order valence-electron chi connectivity index (χ1n) is 6.93. The van der Waals surface area contributed by atoms with Crippen molar-refractivity contribution in [3.8, 4) is 5.75 Å². The Labute approximate surface area is 137 Å². The van der Waals surface area contributed by atoms with Crippen molar-refractivity contribution in [1.29, 1.82) is 0 Å². The zero-order chi connectivity index (χ0) is 16.3. The lowest BCUT2D eigenvalue weighted by atomic mass is 10.0. The molecule has 0 heterocycles. The van der Waals surface area contributed by atoms with E-state index in [0.717, 1.165) is 11.3 Å². The molecule has 0 aromatic heterocycles. The number of nitrogens with zero attached hydrogens (tertiary/aromatic N) is 2. The van der Waals surface area contributed by atoms with E-state index in [1.807, 2.05) is 45.0 Å². The third-order valence-electron chi connectivity index (χ3n) is 3.22. The van der Waals surface area contributed by atoms with Crippen LogP contribution < -0.4 is 5.43 Å². The van der Waals surface area contributed by atoms with Crippen molar-refractivity contribution in [2.75, 3.05) is 0 Å². The quantitative estimate of drug-likeness (QED) is 0.748. The molecule has 2 rings (SSSR count). The Morgan fingerprint density at radius 1 is 1.05 bits per heavy atom. The van der Waals surface area contributed by atoms with Crippen LogP contribution >= 0.6 is 15.9 Å². The standard InChI is InChI=1S/C17H17BrN2O2/c1-10(2)14-8-13(9-15(18)17(22)16(14)21)20-19-12-6-4-11(3)5-7-12/h4-10H,1-3H3,(H,21,22). The maximum absolute atomic E-state index is 12.0. The van der Waals surface area contributed by atoms with Crippen LogP contribution in [0.4, 0.5) is 11.4 Å². The topological polar surface area (TPSA) is 62.0 Å². The van der Waals surface area contributed by atoms with E-state index in [1.54, 1.807) is 12.1 Å². The van der Waals surface area contributed by atoms with Crippen LogP contribution in [0, 0.1) is 6.92 Å². The first kappa shape index (κ1) is 16.4. The number of halogens is 1. The van der Waals surface area contributed by atoms with Gasteiger partial charge in [-0.2, -0.15) is 10.2 Å². The Bertz CT molecular complexity index is 769. The second kappa shape index (κ2) is 6.83. The van der Waals surface area contributed by atoms with E-state index in [4.69, 9.17) is 0 Å². The molecule has 1 N–H and O–H groups in total. The molecule has 0 amide bonds. The van der Waals surface area contributed by atoms with Crippen LogP contribution in [0.2, 0.25) is 0 Å². The summed E-state index contributed by atoms with van der Waals surface area (Å²) in [5, 5.41) is 18.4. The molecule has 0 radical (unpaired) electrons. The van der Waals surface area contributed by atoms with Crippen molar-refractivity contribution in [3.63, 3.8) is 0 Å². The molecular weight excluding hydrogens is 344 g/mol. The molecule has 114 valence electrons. The maximum atomic E-state index is 12.0. The van der Waals surface area contributed by atoms with Crippen molar-refractivity contribution < 1.29 is 5.11 Å². The number of aromatic hydroxyl groups is 1. The van der Waals surface area contributed by atoms with Gasteiger partial charge in [0.15, 0.2) is 5.75 Å². The highest BCUT2D eigenvalue weighted by atomic mass is 79.9. The molecule has 4 nitrogen and oxygen atoms in total. The van der Waals surface area contributed by atoms with Gasteiger partial charge in [0, 0.05) is 5.56 Å². The first-order chi connectivity index (χ1) is 10.4. The molecule has 0 bridgehead atoms. The van der Waals surface area contributed by atoms with E-state index >= 15 is 0 Å². The molecule has 0 aliphatic carbocycles. The van der Waals surface area contributed by atoms with Crippen molar-refractivity contribution in [3.05, 3.63) is 62.2 Å². The van der Waals surface area contributed by atoms with Crippen LogP contribution in [0.3, 0.4) is 0 Å². The summed E-state index contributed by atoms with van der Waals surface area (Å²) in [4.78, 5) is 12.0. The maximum Gasteiger partial charge on any atom is 0.234 e. The molecule has 22 heavy (non-hydrogen) atoms. The van der Waals surface area contributed by atoms with Gasteiger partial charge in [-0.15, -0.1) is 0 Å². The number of azo groups is 1. The molecule has 0 saturated carbocycles. The number of aryl methyl sites for hydroxylation is 1. The zero-order valence-electron chi connectivity index (χ0n) is 12.7. The van der Waals surface area contributed by atoms with Gasteiger partial charge in [-0.05, 0) is 53.0 Å². The van der Waals surface area contributed by atoms with E-state index < -0.39 is 5.43 Å². The van der Waals surface area contributed by atoms with Gasteiger partial charge in [0.05, 0.1) is 15.8 Å². The van der Waals surface area contributed by atoms with Gasteiger partial charge in [0.25, 0.3) is 0 Å². The molecule has 0 saturated heterocycles. The van der Waals surface area contributed by atoms with Crippen molar-refractivity contribution in [2.24, 2.45) is 10.2 Å². The van der Waals surface area contributed by atoms with Gasteiger partial charge in [-0.1, -0.05) is 31.5 Å². The second-order valence-electron chi connectivity index (χ2n) is 5.38. The number of benzene rings is 1. The van der Waals surface area contributed by atoms with Gasteiger partial charge >= 0.3 is 0 Å². The fourth-order valence-corrected chi connectivity index (χ4v) is 2.36. The summed E-state index contributed by atoms with van der Waals surface area (Å²) in [5.41, 5.74) is 2.49. The van der Waals surface area contributed by atoms with Crippen LogP contribution in [0.25, 0.3) is 0 Å². The summed E-state index contributed by atoms with van der Waals surface area (Å²) in [7, 11) is 0. The molecule has 0 unspecified atom stereocenters. The van der Waals surface area contributed by atoms with E-state index in [2.05, 4.69) is 26.2 Å². The SMILES string of the molecule is Cc1ccc(N=Nc2cc(C(C)C)c(O)c(=O)c(Br)c2)cc1. The highest BCUT2D eigenvalue weighted by Gasteiger charge is 2.12. The normalized spacial score (nSPS) is 11.3. The molecule has 0 aliphatic heterocycles. The minimum absolute atomic E-state index is 0.000301. The lowest BCUT2D eigenvalue weighted by Crippen LogP contribution is -2.00. The van der Waals surface area contributed by atoms with Gasteiger partial charge in [0.2, 0.25) is 5.43 Å². The van der Waals surface area contributed by atoms with Gasteiger partial charge < -0.3 is 5.11 Å². The van der Waals surface area contributed by atoms with Gasteiger partial charge in [-0.25, -0.2) is 0 Å². The second-order valence-corrected chi connectivity index (χ2v) is 6.24. The minimum atomic E-state index is -0.444. The van der Waals surface area contributed by atoms with E-state index in [1.165, 1.54) is 0 Å². The van der Waals surface area contributed by atoms with Gasteiger partial charge in [0.1, 0.15) is 0 Å². The third-order valence-corrected chi connectivity index (χ3v) is 3.81. The summed E-state index contributed by atoms with van der Waals surface area (Å²) in [6.45, 7) is 5.81. The highest BCUT2D eigenvalue weighted by Crippen LogP contribution is 2.28. The largest absolute Gasteiger partial charge is 0.504 e.